The number of hydrogen-bond acceptors (Lipinski definition) is 2. The molecule has 1 unspecified atom stereocenters. The summed E-state index contributed by atoms with van der Waals surface area (Å²) < 4.78 is 0. The molecule has 0 spiro atoms. The number of nitrogens with one attached hydrogen (secondary N) is 2. The van der Waals surface area contributed by atoms with Crippen molar-refractivity contribution in [3.05, 3.63) is 30.1 Å². The Bertz CT molecular complexity index is 469. The molecule has 1 atom stereocenters. The lowest BCUT2D eigenvalue weighted by atomic mass is 9.99. The monoisotopic (exact) mass is 215 g/mol. The van der Waals surface area contributed by atoms with Gasteiger partial charge in [0.25, 0.3) is 0 Å². The topological polar surface area (TPSA) is 40.7 Å². The van der Waals surface area contributed by atoms with Crippen molar-refractivity contribution in [1.82, 2.24) is 15.3 Å². The Balaban J connectivity index is 1.68. The molecular formula is C13H17N3. The van der Waals surface area contributed by atoms with Gasteiger partial charge in [-0.2, -0.15) is 0 Å². The second-order valence-corrected chi connectivity index (χ2v) is 4.65. The van der Waals surface area contributed by atoms with E-state index in [9.17, 15) is 0 Å². The number of aromatic amines is 1. The molecule has 2 N–H and O–H groups in total. The van der Waals surface area contributed by atoms with E-state index in [1.165, 1.54) is 37.9 Å². The smallest absolute Gasteiger partial charge is 0.0931 e. The van der Waals surface area contributed by atoms with Gasteiger partial charge in [0, 0.05) is 0 Å². The van der Waals surface area contributed by atoms with Gasteiger partial charge in [0.15, 0.2) is 0 Å². The lowest BCUT2D eigenvalue weighted by molar-refractivity contribution is 0.533. The molecule has 1 fully saturated rings. The molecule has 2 heterocycles. The summed E-state index contributed by atoms with van der Waals surface area (Å²) in [7, 11) is 0. The van der Waals surface area contributed by atoms with E-state index in [-0.39, 0.29) is 0 Å². The molecule has 1 aliphatic rings. The van der Waals surface area contributed by atoms with Gasteiger partial charge in [-0.15, -0.1) is 0 Å². The number of rotatable bonds is 3. The number of H-pyrrole nitrogens is 1. The van der Waals surface area contributed by atoms with Crippen molar-refractivity contribution in [2.45, 2.75) is 19.3 Å². The minimum absolute atomic E-state index is 0.873. The van der Waals surface area contributed by atoms with Crippen LogP contribution in [0.1, 0.15) is 18.4 Å². The fraction of sp³-hybridized carbons (Fsp3) is 0.462. The minimum Gasteiger partial charge on any atom is -0.345 e. The Morgan fingerprint density at radius 2 is 2.38 bits per heavy atom. The number of imidazole rings is 1. The Kier molecular flexibility index (Phi) is 2.62. The van der Waals surface area contributed by atoms with Crippen molar-refractivity contribution >= 4 is 11.0 Å². The predicted molar refractivity (Wildman–Crippen MR) is 65.4 cm³/mol. The lowest BCUT2D eigenvalue weighted by Gasteiger charge is -2.07. The highest BCUT2D eigenvalue weighted by Gasteiger charge is 2.13. The van der Waals surface area contributed by atoms with Gasteiger partial charge in [-0.3, -0.25) is 0 Å². The molecule has 84 valence electrons. The maximum absolute atomic E-state index is 4.23. The van der Waals surface area contributed by atoms with Gasteiger partial charge in [-0.25, -0.2) is 4.98 Å². The SMILES string of the molecule is c1nc2ccc(CCC3CCNC3)cc2[nH]1. The van der Waals surface area contributed by atoms with Crippen molar-refractivity contribution in [1.29, 1.82) is 0 Å². The molecule has 0 aliphatic carbocycles. The molecule has 0 radical (unpaired) electrons. The van der Waals surface area contributed by atoms with E-state index in [0.29, 0.717) is 0 Å². The van der Waals surface area contributed by atoms with Crippen molar-refractivity contribution < 1.29 is 0 Å². The first kappa shape index (κ1) is 9.85. The first-order valence-corrected chi connectivity index (χ1v) is 6.04. The number of hydrogen-bond donors (Lipinski definition) is 2. The first-order valence-electron chi connectivity index (χ1n) is 6.04. The maximum atomic E-state index is 4.23. The highest BCUT2D eigenvalue weighted by atomic mass is 14.9. The van der Waals surface area contributed by atoms with Crippen molar-refractivity contribution in [2.75, 3.05) is 13.1 Å². The van der Waals surface area contributed by atoms with Crippen LogP contribution in [0.25, 0.3) is 11.0 Å². The Hall–Kier alpha value is -1.35. The van der Waals surface area contributed by atoms with E-state index in [2.05, 4.69) is 33.5 Å². The van der Waals surface area contributed by atoms with Crippen molar-refractivity contribution in [2.24, 2.45) is 5.92 Å². The van der Waals surface area contributed by atoms with Gasteiger partial charge in [-0.05, 0) is 56.0 Å². The van der Waals surface area contributed by atoms with E-state index < -0.39 is 0 Å². The van der Waals surface area contributed by atoms with Gasteiger partial charge >= 0.3 is 0 Å². The molecule has 0 amide bonds. The van der Waals surface area contributed by atoms with E-state index in [1.807, 2.05) is 0 Å². The van der Waals surface area contributed by atoms with E-state index >= 15 is 0 Å². The molecule has 1 aliphatic heterocycles. The molecule has 0 saturated carbocycles. The summed E-state index contributed by atoms with van der Waals surface area (Å²) in [4.78, 5) is 7.40. The van der Waals surface area contributed by atoms with Gasteiger partial charge < -0.3 is 10.3 Å². The van der Waals surface area contributed by atoms with E-state index in [0.717, 1.165) is 17.0 Å². The summed E-state index contributed by atoms with van der Waals surface area (Å²) in [6, 6.07) is 6.53. The van der Waals surface area contributed by atoms with Gasteiger partial charge in [-0.1, -0.05) is 6.07 Å². The van der Waals surface area contributed by atoms with Crippen LogP contribution in [0.3, 0.4) is 0 Å². The summed E-state index contributed by atoms with van der Waals surface area (Å²) in [6.07, 6.45) is 5.58. The van der Waals surface area contributed by atoms with Crippen LogP contribution in [0.15, 0.2) is 24.5 Å². The van der Waals surface area contributed by atoms with E-state index in [4.69, 9.17) is 0 Å². The summed E-state index contributed by atoms with van der Waals surface area (Å²) >= 11 is 0. The molecule has 1 saturated heterocycles. The molecule has 3 rings (SSSR count). The molecule has 3 nitrogen and oxygen atoms in total. The second-order valence-electron chi connectivity index (χ2n) is 4.65. The predicted octanol–water partition coefficient (Wildman–Crippen LogP) is 2.10. The van der Waals surface area contributed by atoms with Crippen LogP contribution in [0.4, 0.5) is 0 Å². The highest BCUT2D eigenvalue weighted by Crippen LogP contribution is 2.18. The molecule has 2 aromatic rings. The third kappa shape index (κ3) is 1.95. The summed E-state index contributed by atoms with van der Waals surface area (Å²) in [5, 5.41) is 3.42. The average Bonchev–Trinajstić information content (AvgIpc) is 2.97. The average molecular weight is 215 g/mol. The Morgan fingerprint density at radius 3 is 3.25 bits per heavy atom. The zero-order valence-corrected chi connectivity index (χ0v) is 9.37. The zero-order valence-electron chi connectivity index (χ0n) is 9.37. The molecule has 1 aromatic heterocycles. The minimum atomic E-state index is 0.873. The van der Waals surface area contributed by atoms with Crippen LogP contribution in [0.2, 0.25) is 0 Å². The van der Waals surface area contributed by atoms with Crippen LogP contribution in [0, 0.1) is 5.92 Å². The fourth-order valence-electron chi connectivity index (χ4n) is 2.47. The quantitative estimate of drug-likeness (QED) is 0.823. The molecule has 16 heavy (non-hydrogen) atoms. The first-order chi connectivity index (χ1) is 7.92. The molecule has 0 bridgehead atoms. The van der Waals surface area contributed by atoms with Gasteiger partial charge in [0.1, 0.15) is 0 Å². The number of aryl methyl sites for hydroxylation is 1. The summed E-state index contributed by atoms with van der Waals surface area (Å²) in [6.45, 7) is 2.40. The summed E-state index contributed by atoms with van der Waals surface area (Å²) in [5.74, 6) is 0.873. The third-order valence-corrected chi connectivity index (χ3v) is 3.49. The van der Waals surface area contributed by atoms with Crippen molar-refractivity contribution in [3.63, 3.8) is 0 Å². The Labute approximate surface area is 95.3 Å². The van der Waals surface area contributed by atoms with Crippen LogP contribution < -0.4 is 5.32 Å². The molecule has 1 aromatic carbocycles. The third-order valence-electron chi connectivity index (χ3n) is 3.49. The number of fused-ring (bicyclic) bond motifs is 1. The standard InChI is InChI=1S/C13H17N3/c1(2-11-5-6-14-8-11)10-3-4-12-13(7-10)16-9-15-12/h3-4,7,9,11,14H,1-2,5-6,8H2,(H,15,16). The fourth-order valence-corrected chi connectivity index (χ4v) is 2.47. The molecular weight excluding hydrogens is 198 g/mol. The second kappa shape index (κ2) is 4.26. The van der Waals surface area contributed by atoms with Gasteiger partial charge in [0.2, 0.25) is 0 Å². The zero-order chi connectivity index (χ0) is 10.8. The lowest BCUT2D eigenvalue weighted by Crippen LogP contribution is -2.09. The largest absolute Gasteiger partial charge is 0.345 e. The summed E-state index contributed by atoms with van der Waals surface area (Å²) in [5.41, 5.74) is 3.64. The number of nitrogens with zero attached hydrogens (tertiary/aromatic N) is 1. The highest BCUT2D eigenvalue weighted by molar-refractivity contribution is 5.74. The maximum Gasteiger partial charge on any atom is 0.0931 e. The van der Waals surface area contributed by atoms with E-state index in [1.54, 1.807) is 6.33 Å². The molecule has 3 heteroatoms. The van der Waals surface area contributed by atoms with Crippen LogP contribution in [0.5, 0.6) is 0 Å². The van der Waals surface area contributed by atoms with Gasteiger partial charge in [0.05, 0.1) is 17.4 Å². The van der Waals surface area contributed by atoms with Crippen LogP contribution >= 0.6 is 0 Å². The number of benzene rings is 1. The normalized spacial score (nSPS) is 20.6. The van der Waals surface area contributed by atoms with Crippen LogP contribution in [-0.2, 0) is 6.42 Å². The number of aromatic nitrogens is 2. The Morgan fingerprint density at radius 1 is 1.38 bits per heavy atom. The van der Waals surface area contributed by atoms with Crippen molar-refractivity contribution in [3.8, 4) is 0 Å². The van der Waals surface area contributed by atoms with Crippen LogP contribution in [-0.4, -0.2) is 23.1 Å².